The molecule has 0 spiro atoms. The number of alkyl halides is 2. The summed E-state index contributed by atoms with van der Waals surface area (Å²) in [7, 11) is -3.25. The number of benzene rings is 1. The Balaban J connectivity index is 2.00. The summed E-state index contributed by atoms with van der Waals surface area (Å²) in [6.45, 7) is 1.80. The van der Waals surface area contributed by atoms with E-state index in [0.717, 1.165) is 0 Å². The topological polar surface area (TPSA) is 112 Å². The number of halogens is 4. The molecule has 2 heterocycles. The summed E-state index contributed by atoms with van der Waals surface area (Å²) < 4.78 is 43.6. The first-order chi connectivity index (χ1) is 15.8. The molecule has 1 fully saturated rings. The first-order valence-electron chi connectivity index (χ1n) is 10.2. The molecule has 1 aromatic carbocycles. The summed E-state index contributed by atoms with van der Waals surface area (Å²) >= 11 is 12.4. The number of nitrogens with zero attached hydrogens (tertiary/aromatic N) is 3. The Hall–Kier alpha value is -2.50. The van der Waals surface area contributed by atoms with Crippen LogP contribution in [0.5, 0.6) is 0 Å². The van der Waals surface area contributed by atoms with Crippen LogP contribution in [0.3, 0.4) is 0 Å². The number of anilines is 2. The van der Waals surface area contributed by atoms with Crippen molar-refractivity contribution in [1.29, 1.82) is 0 Å². The SMILES string of the molecule is Cc1c(Cl)c(Cl)nc(N2CCCC(F)(F)CC2)c1C(=O)Nc1cccc(S(C)(=O)=NC(=O)O)c1. The second-order valence-electron chi connectivity index (χ2n) is 7.90. The lowest BCUT2D eigenvalue weighted by Crippen LogP contribution is -2.30. The number of hydrogen-bond donors (Lipinski definition) is 2. The van der Waals surface area contributed by atoms with E-state index in [9.17, 15) is 22.6 Å². The van der Waals surface area contributed by atoms with Crippen molar-refractivity contribution in [3.8, 4) is 0 Å². The van der Waals surface area contributed by atoms with Gasteiger partial charge in [-0.15, -0.1) is 4.36 Å². The molecule has 1 aliphatic heterocycles. The van der Waals surface area contributed by atoms with Crippen LogP contribution in [-0.2, 0) is 9.73 Å². The van der Waals surface area contributed by atoms with Gasteiger partial charge in [-0.1, -0.05) is 29.3 Å². The van der Waals surface area contributed by atoms with Gasteiger partial charge in [0, 0.05) is 42.8 Å². The van der Waals surface area contributed by atoms with Gasteiger partial charge >= 0.3 is 6.09 Å². The van der Waals surface area contributed by atoms with Gasteiger partial charge < -0.3 is 15.3 Å². The Morgan fingerprint density at radius 3 is 2.65 bits per heavy atom. The van der Waals surface area contributed by atoms with E-state index in [4.69, 9.17) is 28.3 Å². The largest absolute Gasteiger partial charge is 0.463 e. The average Bonchev–Trinajstić information content (AvgIpc) is 2.91. The van der Waals surface area contributed by atoms with Crippen molar-refractivity contribution in [2.75, 3.05) is 29.6 Å². The standard InChI is InChI=1S/C21H22Cl2F2N4O4S/c1-12-15(18(27-17(23)16(12)22)29-9-4-7-21(24,25)8-10-29)19(30)26-13-5-3-6-14(11-13)34(2,33)28-20(31)32/h3,5-6,11H,4,7-10H2,1-2H3,(H,26,30)(H,31,32). The predicted molar refractivity (Wildman–Crippen MR) is 127 cm³/mol. The van der Waals surface area contributed by atoms with Gasteiger partial charge in [0.2, 0.25) is 5.92 Å². The molecule has 0 bridgehead atoms. The summed E-state index contributed by atoms with van der Waals surface area (Å²) in [5.74, 6) is -3.31. The minimum Gasteiger partial charge on any atom is -0.463 e. The smallest absolute Gasteiger partial charge is 0.439 e. The van der Waals surface area contributed by atoms with E-state index in [1.54, 1.807) is 11.8 Å². The Bertz CT molecular complexity index is 1270. The Morgan fingerprint density at radius 2 is 1.97 bits per heavy atom. The lowest BCUT2D eigenvalue weighted by atomic mass is 10.1. The molecule has 2 amide bonds. The van der Waals surface area contributed by atoms with E-state index in [2.05, 4.69) is 14.7 Å². The molecule has 1 atom stereocenters. The van der Waals surface area contributed by atoms with E-state index >= 15 is 0 Å². The molecule has 184 valence electrons. The third-order valence-electron chi connectivity index (χ3n) is 5.34. The zero-order chi connectivity index (χ0) is 25.3. The first-order valence-corrected chi connectivity index (χ1v) is 12.8. The lowest BCUT2D eigenvalue weighted by molar-refractivity contribution is -0.0102. The van der Waals surface area contributed by atoms with Gasteiger partial charge in [0.25, 0.3) is 5.91 Å². The van der Waals surface area contributed by atoms with Crippen LogP contribution in [-0.4, -0.2) is 51.6 Å². The van der Waals surface area contributed by atoms with Crippen LogP contribution in [0.15, 0.2) is 33.5 Å². The third kappa shape index (κ3) is 5.94. The number of aromatic nitrogens is 1. The van der Waals surface area contributed by atoms with E-state index in [0.29, 0.717) is 5.56 Å². The molecule has 3 rings (SSSR count). The molecule has 2 aromatic rings. The van der Waals surface area contributed by atoms with Gasteiger partial charge in [-0.2, -0.15) is 0 Å². The zero-order valence-electron chi connectivity index (χ0n) is 18.3. The molecule has 1 saturated heterocycles. The maximum atomic E-state index is 13.9. The van der Waals surface area contributed by atoms with Gasteiger partial charge in [-0.3, -0.25) is 4.79 Å². The van der Waals surface area contributed by atoms with E-state index in [-0.39, 0.29) is 58.1 Å². The van der Waals surface area contributed by atoms with Crippen LogP contribution in [0.2, 0.25) is 10.2 Å². The predicted octanol–water partition coefficient (Wildman–Crippen LogP) is 5.71. The quantitative estimate of drug-likeness (QED) is 0.486. The van der Waals surface area contributed by atoms with Gasteiger partial charge in [0.05, 0.1) is 20.3 Å². The number of carbonyl (C=O) groups excluding carboxylic acids is 1. The summed E-state index contributed by atoms with van der Waals surface area (Å²) in [6, 6.07) is 5.78. The molecule has 0 aliphatic carbocycles. The minimum absolute atomic E-state index is 0.0260. The van der Waals surface area contributed by atoms with Crippen molar-refractivity contribution in [3.63, 3.8) is 0 Å². The van der Waals surface area contributed by atoms with Crippen molar-refractivity contribution in [1.82, 2.24) is 4.98 Å². The second kappa shape index (κ2) is 10.0. The Morgan fingerprint density at radius 1 is 1.26 bits per heavy atom. The van der Waals surface area contributed by atoms with Gasteiger partial charge in [0.1, 0.15) is 11.0 Å². The average molecular weight is 535 g/mol. The fourth-order valence-electron chi connectivity index (χ4n) is 3.61. The van der Waals surface area contributed by atoms with Crippen molar-refractivity contribution < 1.29 is 27.7 Å². The monoisotopic (exact) mass is 534 g/mol. The zero-order valence-corrected chi connectivity index (χ0v) is 20.6. The highest BCUT2D eigenvalue weighted by molar-refractivity contribution is 7.93. The number of carboxylic acid groups (broad SMARTS) is 1. The highest BCUT2D eigenvalue weighted by Gasteiger charge is 2.34. The van der Waals surface area contributed by atoms with Crippen LogP contribution in [0.25, 0.3) is 0 Å². The maximum absolute atomic E-state index is 13.9. The van der Waals surface area contributed by atoms with Crippen molar-refractivity contribution >= 4 is 56.4 Å². The molecule has 34 heavy (non-hydrogen) atoms. The minimum atomic E-state index is -3.25. The van der Waals surface area contributed by atoms with Crippen LogP contribution < -0.4 is 10.2 Å². The van der Waals surface area contributed by atoms with Gasteiger partial charge in [-0.05, 0) is 37.1 Å². The molecule has 0 radical (unpaired) electrons. The fourth-order valence-corrected chi connectivity index (χ4v) is 5.05. The molecular weight excluding hydrogens is 513 g/mol. The van der Waals surface area contributed by atoms with Crippen molar-refractivity contribution in [2.24, 2.45) is 4.36 Å². The molecule has 0 saturated carbocycles. The molecule has 2 N–H and O–H groups in total. The Kier molecular flexibility index (Phi) is 7.69. The highest BCUT2D eigenvalue weighted by atomic mass is 35.5. The van der Waals surface area contributed by atoms with Crippen LogP contribution in [0.4, 0.5) is 25.1 Å². The number of carbonyl (C=O) groups is 2. The van der Waals surface area contributed by atoms with Crippen LogP contribution in [0.1, 0.15) is 35.2 Å². The summed E-state index contributed by atoms with van der Waals surface area (Å²) in [4.78, 5) is 30.1. The normalized spacial score (nSPS) is 17.4. The number of nitrogens with one attached hydrogen (secondary N) is 1. The number of amides is 2. The molecule has 8 nitrogen and oxygen atoms in total. The van der Waals surface area contributed by atoms with Gasteiger partial charge in [0.15, 0.2) is 0 Å². The Labute approximate surface area is 205 Å². The molecule has 1 aromatic heterocycles. The van der Waals surface area contributed by atoms with E-state index < -0.39 is 34.1 Å². The number of hydrogen-bond acceptors (Lipinski definition) is 5. The van der Waals surface area contributed by atoms with Gasteiger partial charge in [-0.25, -0.2) is 22.8 Å². The molecule has 13 heteroatoms. The maximum Gasteiger partial charge on any atom is 0.439 e. The molecular formula is C21H22Cl2F2N4O4S. The molecule has 1 aliphatic rings. The first kappa shape index (κ1) is 26.1. The summed E-state index contributed by atoms with van der Waals surface area (Å²) in [6.07, 6.45) is -0.866. The number of rotatable bonds is 4. The van der Waals surface area contributed by atoms with Crippen LogP contribution in [0, 0.1) is 6.92 Å². The summed E-state index contributed by atoms with van der Waals surface area (Å²) in [5.41, 5.74) is 0.607. The fraction of sp³-hybridized carbons (Fsp3) is 0.381. The summed E-state index contributed by atoms with van der Waals surface area (Å²) in [5, 5.41) is 11.5. The second-order valence-corrected chi connectivity index (χ2v) is 10.9. The third-order valence-corrected chi connectivity index (χ3v) is 7.81. The number of pyridine rings is 1. The van der Waals surface area contributed by atoms with Crippen molar-refractivity contribution in [3.05, 3.63) is 45.6 Å². The van der Waals surface area contributed by atoms with Crippen molar-refractivity contribution in [2.45, 2.75) is 37.0 Å². The highest BCUT2D eigenvalue weighted by Crippen LogP contribution is 2.36. The lowest BCUT2D eigenvalue weighted by Gasteiger charge is -2.25. The van der Waals surface area contributed by atoms with Crippen LogP contribution >= 0.6 is 23.2 Å². The van der Waals surface area contributed by atoms with E-state index in [1.807, 2.05) is 0 Å². The molecule has 1 unspecified atom stereocenters. The van der Waals surface area contributed by atoms with E-state index in [1.165, 1.54) is 30.5 Å².